The predicted molar refractivity (Wildman–Crippen MR) is 65.6 cm³/mol. The van der Waals surface area contributed by atoms with E-state index >= 15 is 0 Å². The minimum absolute atomic E-state index is 0.0158. The highest BCUT2D eigenvalue weighted by Gasteiger charge is 2.33. The van der Waals surface area contributed by atoms with E-state index in [-0.39, 0.29) is 11.8 Å². The predicted octanol–water partition coefficient (Wildman–Crippen LogP) is 1.94. The molecular weight excluding hydrogens is 214 g/mol. The Morgan fingerprint density at radius 3 is 2.82 bits per heavy atom. The van der Waals surface area contributed by atoms with Gasteiger partial charge in [-0.25, -0.2) is 0 Å². The van der Waals surface area contributed by atoms with Crippen LogP contribution in [0.25, 0.3) is 0 Å². The Bertz CT molecular complexity index is 452. The van der Waals surface area contributed by atoms with Gasteiger partial charge < -0.3 is 10.1 Å². The summed E-state index contributed by atoms with van der Waals surface area (Å²) in [4.78, 5) is 12.3. The van der Waals surface area contributed by atoms with Crippen LogP contribution in [0.4, 0.5) is 0 Å². The van der Waals surface area contributed by atoms with E-state index in [2.05, 4.69) is 5.32 Å². The minimum atomic E-state index is 0.0158. The van der Waals surface area contributed by atoms with E-state index in [0.29, 0.717) is 6.04 Å². The van der Waals surface area contributed by atoms with E-state index in [1.165, 1.54) is 12.8 Å². The van der Waals surface area contributed by atoms with Gasteiger partial charge in [-0.3, -0.25) is 4.79 Å². The van der Waals surface area contributed by atoms with Crippen LogP contribution in [0, 0.1) is 0 Å². The van der Waals surface area contributed by atoms with Crippen molar-refractivity contribution >= 4 is 5.78 Å². The molecule has 0 heterocycles. The van der Waals surface area contributed by atoms with Crippen LogP contribution in [0.3, 0.4) is 0 Å². The third kappa shape index (κ3) is 1.95. The Morgan fingerprint density at radius 2 is 2.12 bits per heavy atom. The lowest BCUT2D eigenvalue weighted by Gasteiger charge is -2.25. The second-order valence-corrected chi connectivity index (χ2v) is 4.88. The molecular formula is C14H17NO2. The zero-order valence-corrected chi connectivity index (χ0v) is 10.0. The van der Waals surface area contributed by atoms with Gasteiger partial charge >= 0.3 is 0 Å². The first-order valence-electron chi connectivity index (χ1n) is 6.25. The van der Waals surface area contributed by atoms with Gasteiger partial charge in [0.15, 0.2) is 5.78 Å². The number of hydrogen-bond donors (Lipinski definition) is 1. The van der Waals surface area contributed by atoms with Crippen molar-refractivity contribution in [2.75, 3.05) is 7.11 Å². The van der Waals surface area contributed by atoms with Crippen molar-refractivity contribution < 1.29 is 9.53 Å². The largest absolute Gasteiger partial charge is 0.496 e. The molecule has 0 aliphatic heterocycles. The molecule has 2 aliphatic carbocycles. The molecule has 2 aliphatic rings. The molecule has 0 radical (unpaired) electrons. The first-order chi connectivity index (χ1) is 8.29. The monoisotopic (exact) mass is 231 g/mol. The average Bonchev–Trinajstić information content (AvgIpc) is 3.16. The van der Waals surface area contributed by atoms with Gasteiger partial charge in [0.2, 0.25) is 0 Å². The minimum Gasteiger partial charge on any atom is -0.496 e. The Balaban J connectivity index is 1.88. The number of fused-ring (bicyclic) bond motifs is 1. The van der Waals surface area contributed by atoms with E-state index in [1.807, 2.05) is 18.2 Å². The summed E-state index contributed by atoms with van der Waals surface area (Å²) in [6.07, 6.45) is 4.25. The van der Waals surface area contributed by atoms with E-state index in [4.69, 9.17) is 4.74 Å². The van der Waals surface area contributed by atoms with Gasteiger partial charge in [-0.05, 0) is 31.7 Å². The highest BCUT2D eigenvalue weighted by molar-refractivity contribution is 6.03. The fourth-order valence-corrected chi connectivity index (χ4v) is 2.55. The molecule has 0 bridgehead atoms. The number of Topliss-reactive ketones (excluding diaryl/α,β-unsaturated/α-hetero) is 1. The van der Waals surface area contributed by atoms with Gasteiger partial charge in [0.25, 0.3) is 0 Å². The quantitative estimate of drug-likeness (QED) is 0.864. The SMILES string of the molecule is COc1cccc2c1CCC(NC1CC1)C2=O. The van der Waals surface area contributed by atoms with Crippen molar-refractivity contribution in [1.29, 1.82) is 0 Å². The summed E-state index contributed by atoms with van der Waals surface area (Å²) in [7, 11) is 1.66. The number of nitrogens with one attached hydrogen (secondary N) is 1. The van der Waals surface area contributed by atoms with Crippen molar-refractivity contribution in [2.45, 2.75) is 37.8 Å². The Hall–Kier alpha value is -1.35. The molecule has 0 amide bonds. The molecule has 17 heavy (non-hydrogen) atoms. The van der Waals surface area contributed by atoms with Crippen LogP contribution in [0.5, 0.6) is 5.75 Å². The average molecular weight is 231 g/mol. The van der Waals surface area contributed by atoms with Crippen LogP contribution in [0.1, 0.15) is 35.2 Å². The van der Waals surface area contributed by atoms with Crippen molar-refractivity contribution in [2.24, 2.45) is 0 Å². The Morgan fingerprint density at radius 1 is 1.29 bits per heavy atom. The molecule has 1 N–H and O–H groups in total. The Kier molecular flexibility index (Phi) is 2.63. The van der Waals surface area contributed by atoms with E-state index in [0.717, 1.165) is 29.7 Å². The molecule has 0 spiro atoms. The van der Waals surface area contributed by atoms with Gasteiger partial charge in [-0.1, -0.05) is 12.1 Å². The molecule has 0 aromatic heterocycles. The molecule has 1 atom stereocenters. The molecule has 1 saturated carbocycles. The van der Waals surface area contributed by atoms with Crippen LogP contribution in [-0.2, 0) is 6.42 Å². The number of carbonyl (C=O) groups excluding carboxylic acids is 1. The fraction of sp³-hybridized carbons (Fsp3) is 0.500. The smallest absolute Gasteiger partial charge is 0.180 e. The van der Waals surface area contributed by atoms with Crippen molar-refractivity contribution in [1.82, 2.24) is 5.32 Å². The molecule has 3 nitrogen and oxygen atoms in total. The zero-order chi connectivity index (χ0) is 11.8. The summed E-state index contributed by atoms with van der Waals surface area (Å²) in [5.74, 6) is 1.08. The first-order valence-corrected chi connectivity index (χ1v) is 6.25. The van der Waals surface area contributed by atoms with Crippen molar-refractivity contribution in [3.8, 4) is 5.75 Å². The molecule has 90 valence electrons. The lowest BCUT2D eigenvalue weighted by atomic mass is 9.86. The number of ether oxygens (including phenoxy) is 1. The van der Waals surface area contributed by atoms with Gasteiger partial charge in [-0.15, -0.1) is 0 Å². The molecule has 1 unspecified atom stereocenters. The highest BCUT2D eigenvalue weighted by Crippen LogP contribution is 2.31. The van der Waals surface area contributed by atoms with Gasteiger partial charge in [0, 0.05) is 17.2 Å². The number of ketones is 1. The van der Waals surface area contributed by atoms with Gasteiger partial charge in [0.1, 0.15) is 5.75 Å². The first kappa shape index (κ1) is 10.8. The summed E-state index contributed by atoms with van der Waals surface area (Å²) in [6, 6.07) is 6.34. The lowest BCUT2D eigenvalue weighted by molar-refractivity contribution is 0.0926. The summed E-state index contributed by atoms with van der Waals surface area (Å²) >= 11 is 0. The molecule has 3 rings (SSSR count). The van der Waals surface area contributed by atoms with Gasteiger partial charge in [-0.2, -0.15) is 0 Å². The maximum Gasteiger partial charge on any atom is 0.180 e. The van der Waals surface area contributed by atoms with E-state index in [1.54, 1.807) is 7.11 Å². The van der Waals surface area contributed by atoms with Crippen LogP contribution >= 0.6 is 0 Å². The third-order valence-corrected chi connectivity index (χ3v) is 3.63. The summed E-state index contributed by atoms with van der Waals surface area (Å²) < 4.78 is 5.32. The summed E-state index contributed by atoms with van der Waals surface area (Å²) in [5, 5.41) is 3.43. The Labute approximate surface area is 101 Å². The second kappa shape index (κ2) is 4.15. The van der Waals surface area contributed by atoms with E-state index in [9.17, 15) is 4.79 Å². The number of benzene rings is 1. The maximum absolute atomic E-state index is 12.3. The fourth-order valence-electron chi connectivity index (χ4n) is 2.55. The number of rotatable bonds is 3. The van der Waals surface area contributed by atoms with Crippen LogP contribution in [0.15, 0.2) is 18.2 Å². The molecule has 3 heteroatoms. The third-order valence-electron chi connectivity index (χ3n) is 3.63. The molecule has 0 saturated heterocycles. The van der Waals surface area contributed by atoms with Crippen molar-refractivity contribution in [3.63, 3.8) is 0 Å². The van der Waals surface area contributed by atoms with E-state index < -0.39 is 0 Å². The molecule has 1 aromatic carbocycles. The van der Waals surface area contributed by atoms with Crippen LogP contribution in [0.2, 0.25) is 0 Å². The van der Waals surface area contributed by atoms with Crippen LogP contribution in [-0.4, -0.2) is 25.0 Å². The topological polar surface area (TPSA) is 38.3 Å². The maximum atomic E-state index is 12.3. The molecule has 1 aromatic rings. The second-order valence-electron chi connectivity index (χ2n) is 4.88. The number of hydrogen-bond acceptors (Lipinski definition) is 3. The van der Waals surface area contributed by atoms with Crippen molar-refractivity contribution in [3.05, 3.63) is 29.3 Å². The van der Waals surface area contributed by atoms with Crippen LogP contribution < -0.4 is 10.1 Å². The number of methoxy groups -OCH3 is 1. The summed E-state index contributed by atoms with van der Waals surface area (Å²) in [5.41, 5.74) is 1.92. The normalized spacial score (nSPS) is 23.4. The van der Waals surface area contributed by atoms with Gasteiger partial charge in [0.05, 0.1) is 13.2 Å². The standard InChI is InChI=1S/C14H17NO2/c1-17-13-4-2-3-11-10(13)7-8-12(14(11)16)15-9-5-6-9/h2-4,9,12,15H,5-8H2,1H3. The molecule has 1 fully saturated rings. The lowest BCUT2D eigenvalue weighted by Crippen LogP contribution is -2.41. The zero-order valence-electron chi connectivity index (χ0n) is 10.0. The highest BCUT2D eigenvalue weighted by atomic mass is 16.5. The summed E-state index contributed by atoms with van der Waals surface area (Å²) in [6.45, 7) is 0. The number of carbonyl (C=O) groups is 1.